The molecule has 0 unspecified atom stereocenters. The second kappa shape index (κ2) is 9.53. The Bertz CT molecular complexity index is 662. The molecule has 1 aromatic heterocycles. The molecule has 0 aromatic carbocycles. The van der Waals surface area contributed by atoms with E-state index in [-0.39, 0.29) is 5.91 Å². The zero-order valence-electron chi connectivity index (χ0n) is 18.9. The van der Waals surface area contributed by atoms with Gasteiger partial charge in [0.2, 0.25) is 0 Å². The van der Waals surface area contributed by atoms with Gasteiger partial charge in [0.15, 0.2) is 8.32 Å². The van der Waals surface area contributed by atoms with Crippen LogP contribution in [0.4, 0.5) is 10.2 Å². The Labute approximate surface area is 175 Å². The number of anilines is 1. The van der Waals surface area contributed by atoms with E-state index < -0.39 is 19.7 Å². The number of pyridine rings is 1. The van der Waals surface area contributed by atoms with Gasteiger partial charge in [0.1, 0.15) is 17.2 Å². The number of rotatable bonds is 9. The lowest BCUT2D eigenvalue weighted by atomic mass is 9.97. The smallest absolute Gasteiger partial charge is 0.261 e. The van der Waals surface area contributed by atoms with Crippen molar-refractivity contribution in [2.24, 2.45) is 0 Å². The molecule has 0 bridgehead atoms. The second-order valence-corrected chi connectivity index (χ2v) is 14.6. The number of nitrogens with one attached hydrogen (secondary N) is 2. The van der Waals surface area contributed by atoms with Crippen LogP contribution in [0, 0.1) is 5.82 Å². The SMILES string of the molecule is CC(C)[Si](OC[C@@]1(C(=O)NNc2ccc(F)cn2)CCCN1C)(C(C)C)C(C)C. The van der Waals surface area contributed by atoms with Gasteiger partial charge in [-0.2, -0.15) is 0 Å². The molecule has 0 aliphatic carbocycles. The number of carbonyl (C=O) groups is 1. The highest BCUT2D eigenvalue weighted by Crippen LogP contribution is 2.43. The summed E-state index contributed by atoms with van der Waals surface area (Å²) < 4.78 is 19.9. The molecule has 1 fully saturated rings. The minimum Gasteiger partial charge on any atom is -0.414 e. The summed E-state index contributed by atoms with van der Waals surface area (Å²) in [7, 11) is -0.110. The number of amides is 1. The van der Waals surface area contributed by atoms with E-state index in [9.17, 15) is 9.18 Å². The molecule has 1 aliphatic heterocycles. The first-order valence-electron chi connectivity index (χ1n) is 10.6. The molecule has 2 heterocycles. The molecule has 2 rings (SSSR count). The molecule has 29 heavy (non-hydrogen) atoms. The molecule has 1 saturated heterocycles. The fourth-order valence-electron chi connectivity index (χ4n) is 4.98. The number of likely N-dealkylation sites (N-methyl/N-ethyl adjacent to an activating group) is 1. The van der Waals surface area contributed by atoms with Crippen molar-refractivity contribution < 1.29 is 13.6 Å². The topological polar surface area (TPSA) is 66.5 Å². The number of nitrogens with zero attached hydrogens (tertiary/aromatic N) is 2. The van der Waals surface area contributed by atoms with Gasteiger partial charge in [0.05, 0.1) is 12.8 Å². The summed E-state index contributed by atoms with van der Waals surface area (Å²) in [6.45, 7) is 14.7. The average molecular weight is 425 g/mol. The number of aromatic nitrogens is 1. The van der Waals surface area contributed by atoms with Gasteiger partial charge in [-0.15, -0.1) is 0 Å². The molecular weight excluding hydrogens is 387 g/mol. The number of halogens is 1. The van der Waals surface area contributed by atoms with Gasteiger partial charge in [-0.3, -0.25) is 20.5 Å². The number of hydrogen-bond acceptors (Lipinski definition) is 5. The van der Waals surface area contributed by atoms with Crippen molar-refractivity contribution in [2.75, 3.05) is 25.6 Å². The Kier molecular flexibility index (Phi) is 7.81. The van der Waals surface area contributed by atoms with Crippen LogP contribution >= 0.6 is 0 Å². The summed E-state index contributed by atoms with van der Waals surface area (Å²) >= 11 is 0. The molecule has 164 valence electrons. The Morgan fingerprint density at radius 3 is 2.31 bits per heavy atom. The molecule has 1 aromatic rings. The van der Waals surface area contributed by atoms with E-state index in [4.69, 9.17) is 4.43 Å². The van der Waals surface area contributed by atoms with Crippen molar-refractivity contribution in [2.45, 2.75) is 76.5 Å². The van der Waals surface area contributed by atoms with E-state index in [1.807, 2.05) is 7.05 Å². The molecule has 6 nitrogen and oxygen atoms in total. The third-order valence-corrected chi connectivity index (χ3v) is 12.6. The monoisotopic (exact) mass is 424 g/mol. The molecule has 2 N–H and O–H groups in total. The lowest BCUT2D eigenvalue weighted by molar-refractivity contribution is -0.132. The molecule has 0 radical (unpaired) electrons. The summed E-state index contributed by atoms with van der Waals surface area (Å²) in [4.78, 5) is 19.3. The van der Waals surface area contributed by atoms with Gasteiger partial charge in [0, 0.05) is 0 Å². The molecule has 1 aliphatic rings. The Balaban J connectivity index is 2.19. The van der Waals surface area contributed by atoms with Crippen LogP contribution in [0.2, 0.25) is 16.6 Å². The lowest BCUT2D eigenvalue weighted by Crippen LogP contribution is -2.61. The van der Waals surface area contributed by atoms with Crippen LogP contribution in [0.5, 0.6) is 0 Å². The van der Waals surface area contributed by atoms with Crippen molar-refractivity contribution in [3.63, 3.8) is 0 Å². The average Bonchev–Trinajstić information content (AvgIpc) is 3.02. The van der Waals surface area contributed by atoms with Crippen LogP contribution in [0.15, 0.2) is 18.3 Å². The van der Waals surface area contributed by atoms with Crippen LogP contribution in [0.25, 0.3) is 0 Å². The Morgan fingerprint density at radius 2 is 1.86 bits per heavy atom. The van der Waals surface area contributed by atoms with E-state index in [0.29, 0.717) is 29.0 Å². The zero-order chi connectivity index (χ0) is 21.8. The first-order valence-corrected chi connectivity index (χ1v) is 12.7. The first kappa shape index (κ1) is 23.8. The molecule has 0 spiro atoms. The number of hydrogen-bond donors (Lipinski definition) is 2. The van der Waals surface area contributed by atoms with Gasteiger partial charge in [-0.25, -0.2) is 9.37 Å². The maximum Gasteiger partial charge on any atom is 0.261 e. The summed E-state index contributed by atoms with van der Waals surface area (Å²) in [5, 5.41) is 0. The van der Waals surface area contributed by atoms with Crippen molar-refractivity contribution in [1.29, 1.82) is 0 Å². The normalized spacial score (nSPS) is 20.7. The fraction of sp³-hybridized carbons (Fsp3) is 0.714. The highest BCUT2D eigenvalue weighted by molar-refractivity contribution is 6.77. The molecule has 0 saturated carbocycles. The van der Waals surface area contributed by atoms with E-state index >= 15 is 0 Å². The van der Waals surface area contributed by atoms with Gasteiger partial charge < -0.3 is 4.43 Å². The minimum absolute atomic E-state index is 0.136. The van der Waals surface area contributed by atoms with E-state index in [0.717, 1.165) is 25.6 Å². The highest BCUT2D eigenvalue weighted by atomic mass is 28.4. The molecule has 1 amide bonds. The predicted molar refractivity (Wildman–Crippen MR) is 118 cm³/mol. The summed E-state index contributed by atoms with van der Waals surface area (Å²) in [6, 6.07) is 2.79. The minimum atomic E-state index is -2.09. The highest BCUT2D eigenvalue weighted by Gasteiger charge is 2.51. The predicted octanol–water partition coefficient (Wildman–Crippen LogP) is 4.32. The van der Waals surface area contributed by atoms with Gasteiger partial charge in [0.25, 0.3) is 5.91 Å². The molecule has 1 atom stereocenters. The largest absolute Gasteiger partial charge is 0.414 e. The third kappa shape index (κ3) is 4.81. The Morgan fingerprint density at radius 1 is 1.24 bits per heavy atom. The van der Waals surface area contributed by atoms with Crippen molar-refractivity contribution in [3.8, 4) is 0 Å². The number of carbonyl (C=O) groups excluding carboxylic acids is 1. The van der Waals surface area contributed by atoms with Crippen LogP contribution in [0.3, 0.4) is 0 Å². The summed E-state index contributed by atoms with van der Waals surface area (Å²) in [5.41, 5.74) is 6.23. The first-order chi connectivity index (χ1) is 13.6. The van der Waals surface area contributed by atoms with Crippen LogP contribution in [0.1, 0.15) is 54.4 Å². The van der Waals surface area contributed by atoms with Gasteiger partial charge in [-0.1, -0.05) is 41.5 Å². The summed E-state index contributed by atoms with van der Waals surface area (Å²) in [5.74, 6) is -0.158. The quantitative estimate of drug-likeness (QED) is 0.456. The summed E-state index contributed by atoms with van der Waals surface area (Å²) in [6.07, 6.45) is 2.80. The van der Waals surface area contributed by atoms with Crippen molar-refractivity contribution >= 4 is 20.0 Å². The van der Waals surface area contributed by atoms with E-state index in [2.05, 4.69) is 62.3 Å². The number of hydrazine groups is 1. The maximum atomic E-state index is 13.3. The van der Waals surface area contributed by atoms with Gasteiger partial charge in [-0.05, 0) is 55.2 Å². The molecule has 8 heteroatoms. The van der Waals surface area contributed by atoms with Crippen LogP contribution in [-0.4, -0.2) is 49.8 Å². The van der Waals surface area contributed by atoms with Crippen molar-refractivity contribution in [1.82, 2.24) is 15.3 Å². The van der Waals surface area contributed by atoms with E-state index in [1.165, 1.54) is 12.1 Å². The fourth-order valence-corrected chi connectivity index (χ4v) is 10.5. The lowest BCUT2D eigenvalue weighted by Gasteiger charge is -2.45. The maximum absolute atomic E-state index is 13.3. The zero-order valence-corrected chi connectivity index (χ0v) is 19.9. The second-order valence-electron chi connectivity index (χ2n) is 9.10. The Hall–Kier alpha value is -1.51. The van der Waals surface area contributed by atoms with E-state index in [1.54, 1.807) is 0 Å². The molecular formula is C21H37FN4O2Si. The standard InChI is InChI=1S/C21H37FN4O2Si/c1-15(2)29(16(3)4,17(5)6)28-14-21(11-8-12-26(21)7)20(27)25-24-19-10-9-18(22)13-23-19/h9-10,13,15-17H,8,11-12,14H2,1-7H3,(H,23,24)(H,25,27)/t21-/m1/s1. The van der Waals surface area contributed by atoms with Crippen molar-refractivity contribution in [3.05, 3.63) is 24.1 Å². The van der Waals surface area contributed by atoms with Gasteiger partial charge >= 0.3 is 0 Å². The van der Waals surface area contributed by atoms with Crippen LogP contribution in [-0.2, 0) is 9.22 Å². The third-order valence-electron chi connectivity index (χ3n) is 6.54. The van der Waals surface area contributed by atoms with Crippen LogP contribution < -0.4 is 10.9 Å². The number of likely N-dealkylation sites (tertiary alicyclic amines) is 1.